The van der Waals surface area contributed by atoms with E-state index in [4.69, 9.17) is 0 Å². The van der Waals surface area contributed by atoms with E-state index >= 15 is 0 Å². The van der Waals surface area contributed by atoms with E-state index in [0.29, 0.717) is 12.4 Å². The number of nitrogens with one attached hydrogen (secondary N) is 1. The molecule has 0 aliphatic rings. The lowest BCUT2D eigenvalue weighted by Crippen LogP contribution is -2.14. The van der Waals surface area contributed by atoms with Crippen molar-refractivity contribution in [2.24, 2.45) is 0 Å². The van der Waals surface area contributed by atoms with Gasteiger partial charge in [0.25, 0.3) is 10.0 Å². The molecule has 0 atom stereocenters. The number of hydrogen-bond donors (Lipinski definition) is 1. The van der Waals surface area contributed by atoms with Gasteiger partial charge in [-0.05, 0) is 24.3 Å². The van der Waals surface area contributed by atoms with Gasteiger partial charge in [0.1, 0.15) is 22.8 Å². The summed E-state index contributed by atoms with van der Waals surface area (Å²) in [7, 11) is -4.19. The van der Waals surface area contributed by atoms with Crippen molar-refractivity contribution >= 4 is 22.0 Å². The Morgan fingerprint density at radius 1 is 1.05 bits per heavy atom. The summed E-state index contributed by atoms with van der Waals surface area (Å²) in [6, 6.07) is 7.83. The van der Waals surface area contributed by atoms with E-state index in [1.54, 1.807) is 0 Å². The summed E-state index contributed by atoms with van der Waals surface area (Å²) in [4.78, 5) is 9.94. The predicted molar refractivity (Wildman–Crippen MR) is 69.0 cm³/mol. The van der Waals surface area contributed by atoms with Gasteiger partial charge in [-0.25, -0.2) is 17.2 Å². The number of carbonyl (C=O) groups excluding carboxylic acids is 1. The largest absolute Gasteiger partial charge is 0.298 e. The Kier molecular flexibility index (Phi) is 3.80. The first-order chi connectivity index (χ1) is 9.42. The zero-order valence-electron chi connectivity index (χ0n) is 10.0. The Labute approximate surface area is 114 Å². The fourth-order valence-corrected chi connectivity index (χ4v) is 2.69. The molecule has 0 heterocycles. The van der Waals surface area contributed by atoms with Gasteiger partial charge in [-0.3, -0.25) is 9.52 Å². The minimum Gasteiger partial charge on any atom is -0.298 e. The van der Waals surface area contributed by atoms with Gasteiger partial charge in [-0.2, -0.15) is 0 Å². The lowest BCUT2D eigenvalue weighted by Gasteiger charge is -2.09. The summed E-state index contributed by atoms with van der Waals surface area (Å²) in [5.41, 5.74) is 0.378. The molecule has 0 saturated heterocycles. The first-order valence-corrected chi connectivity index (χ1v) is 6.94. The number of aldehydes is 1. The average molecular weight is 297 g/mol. The van der Waals surface area contributed by atoms with Gasteiger partial charge in [0.15, 0.2) is 0 Å². The molecule has 0 aliphatic carbocycles. The molecule has 2 aromatic rings. The van der Waals surface area contributed by atoms with Crippen LogP contribution >= 0.6 is 0 Å². The van der Waals surface area contributed by atoms with E-state index in [2.05, 4.69) is 4.72 Å². The molecule has 4 nitrogen and oxygen atoms in total. The summed E-state index contributed by atoms with van der Waals surface area (Å²) >= 11 is 0. The highest BCUT2D eigenvalue weighted by Gasteiger charge is 2.19. The smallest absolute Gasteiger partial charge is 0.264 e. The minimum absolute atomic E-state index is 0.110. The second kappa shape index (κ2) is 5.38. The van der Waals surface area contributed by atoms with E-state index in [-0.39, 0.29) is 11.3 Å². The highest BCUT2D eigenvalue weighted by Crippen LogP contribution is 2.20. The fourth-order valence-electron chi connectivity index (χ4n) is 1.58. The highest BCUT2D eigenvalue weighted by molar-refractivity contribution is 7.92. The number of sulfonamides is 1. The third kappa shape index (κ3) is 3.00. The lowest BCUT2D eigenvalue weighted by molar-refractivity contribution is 0.112. The normalized spacial score (nSPS) is 11.1. The molecule has 0 unspecified atom stereocenters. The van der Waals surface area contributed by atoms with Crippen molar-refractivity contribution in [3.8, 4) is 0 Å². The van der Waals surface area contributed by atoms with Crippen LogP contribution in [0.5, 0.6) is 0 Å². The SMILES string of the molecule is O=Cc1cccc(NS(=O)(=O)c2ccc(F)cc2F)c1. The van der Waals surface area contributed by atoms with Gasteiger partial charge in [-0.15, -0.1) is 0 Å². The van der Waals surface area contributed by atoms with Crippen LogP contribution in [0.25, 0.3) is 0 Å². The molecular formula is C13H9F2NO3S. The van der Waals surface area contributed by atoms with E-state index < -0.39 is 26.6 Å². The molecule has 0 amide bonds. The van der Waals surface area contributed by atoms with Crippen LogP contribution in [0.1, 0.15) is 10.4 Å². The first kappa shape index (κ1) is 14.1. The van der Waals surface area contributed by atoms with Crippen molar-refractivity contribution in [1.29, 1.82) is 0 Å². The second-order valence-corrected chi connectivity index (χ2v) is 5.57. The van der Waals surface area contributed by atoms with Crippen LogP contribution in [0.15, 0.2) is 47.4 Å². The Morgan fingerprint density at radius 2 is 1.80 bits per heavy atom. The van der Waals surface area contributed by atoms with Crippen LogP contribution < -0.4 is 4.72 Å². The summed E-state index contributed by atoms with van der Waals surface area (Å²) < 4.78 is 52.3. The van der Waals surface area contributed by atoms with Gasteiger partial charge >= 0.3 is 0 Å². The summed E-state index contributed by atoms with van der Waals surface area (Å²) in [5.74, 6) is -2.06. The van der Waals surface area contributed by atoms with Crippen molar-refractivity contribution in [2.75, 3.05) is 4.72 Å². The highest BCUT2D eigenvalue weighted by atomic mass is 32.2. The number of anilines is 1. The Morgan fingerprint density at radius 3 is 2.45 bits per heavy atom. The maximum absolute atomic E-state index is 13.5. The molecule has 1 N–H and O–H groups in total. The minimum atomic E-state index is -4.19. The third-order valence-corrected chi connectivity index (χ3v) is 3.87. The van der Waals surface area contributed by atoms with E-state index in [1.807, 2.05) is 0 Å². The number of rotatable bonds is 4. The van der Waals surface area contributed by atoms with Crippen LogP contribution in [-0.4, -0.2) is 14.7 Å². The van der Waals surface area contributed by atoms with E-state index in [1.165, 1.54) is 24.3 Å². The number of benzene rings is 2. The third-order valence-electron chi connectivity index (χ3n) is 2.46. The van der Waals surface area contributed by atoms with Crippen LogP contribution in [0.4, 0.5) is 14.5 Å². The number of carbonyl (C=O) groups is 1. The van der Waals surface area contributed by atoms with Gasteiger partial charge in [0.2, 0.25) is 0 Å². The molecule has 2 rings (SSSR count). The summed E-state index contributed by atoms with van der Waals surface area (Å²) in [6.07, 6.45) is 0.552. The van der Waals surface area contributed by atoms with E-state index in [0.717, 1.165) is 12.1 Å². The standard InChI is InChI=1S/C13H9F2NO3S/c14-10-4-5-13(12(15)7-10)20(18,19)16-11-3-1-2-9(6-11)8-17/h1-8,16H. The molecule has 20 heavy (non-hydrogen) atoms. The van der Waals surface area contributed by atoms with Crippen molar-refractivity contribution in [2.45, 2.75) is 4.90 Å². The van der Waals surface area contributed by atoms with Gasteiger partial charge in [0, 0.05) is 17.3 Å². The molecule has 0 spiro atoms. The van der Waals surface area contributed by atoms with Gasteiger partial charge < -0.3 is 0 Å². The van der Waals surface area contributed by atoms with Crippen LogP contribution in [-0.2, 0) is 10.0 Å². The molecule has 2 aromatic carbocycles. The molecular weight excluding hydrogens is 288 g/mol. The van der Waals surface area contributed by atoms with Crippen molar-refractivity contribution in [3.63, 3.8) is 0 Å². The zero-order chi connectivity index (χ0) is 14.8. The van der Waals surface area contributed by atoms with Crippen molar-refractivity contribution < 1.29 is 22.0 Å². The molecule has 0 radical (unpaired) electrons. The molecule has 0 fully saturated rings. The molecule has 0 aliphatic heterocycles. The molecule has 0 bridgehead atoms. The molecule has 104 valence electrons. The Balaban J connectivity index is 2.37. The molecule has 7 heteroatoms. The van der Waals surface area contributed by atoms with Crippen LogP contribution in [0.3, 0.4) is 0 Å². The number of hydrogen-bond acceptors (Lipinski definition) is 3. The zero-order valence-corrected chi connectivity index (χ0v) is 10.8. The molecule has 0 saturated carbocycles. The van der Waals surface area contributed by atoms with Gasteiger partial charge in [0.05, 0.1) is 0 Å². The maximum atomic E-state index is 13.5. The monoisotopic (exact) mass is 297 g/mol. The first-order valence-electron chi connectivity index (χ1n) is 5.45. The van der Waals surface area contributed by atoms with Crippen LogP contribution in [0.2, 0.25) is 0 Å². The van der Waals surface area contributed by atoms with E-state index in [9.17, 15) is 22.0 Å². The Hall–Kier alpha value is -2.28. The Bertz CT molecular complexity index is 760. The second-order valence-electron chi connectivity index (χ2n) is 3.92. The fraction of sp³-hybridized carbons (Fsp3) is 0. The van der Waals surface area contributed by atoms with Crippen molar-refractivity contribution in [3.05, 3.63) is 59.7 Å². The number of halogens is 2. The lowest BCUT2D eigenvalue weighted by atomic mass is 10.2. The summed E-state index contributed by atoms with van der Waals surface area (Å²) in [5, 5.41) is 0. The summed E-state index contributed by atoms with van der Waals surface area (Å²) in [6.45, 7) is 0. The predicted octanol–water partition coefficient (Wildman–Crippen LogP) is 2.58. The molecule has 0 aromatic heterocycles. The van der Waals surface area contributed by atoms with Crippen molar-refractivity contribution in [1.82, 2.24) is 0 Å². The quantitative estimate of drug-likeness (QED) is 0.882. The average Bonchev–Trinajstić information content (AvgIpc) is 2.37. The topological polar surface area (TPSA) is 63.2 Å². The maximum Gasteiger partial charge on any atom is 0.264 e. The van der Waals surface area contributed by atoms with Gasteiger partial charge in [-0.1, -0.05) is 12.1 Å². The van der Waals surface area contributed by atoms with Crippen LogP contribution in [0, 0.1) is 11.6 Å².